The topological polar surface area (TPSA) is 238 Å². The first kappa shape index (κ1) is 31.7. The van der Waals surface area contributed by atoms with Crippen LogP contribution in [0.5, 0.6) is 0 Å². The molecule has 2 bridgehead atoms. The van der Waals surface area contributed by atoms with Gasteiger partial charge in [0, 0.05) is 7.11 Å². The molecule has 4 N–H and O–H groups in total. The van der Waals surface area contributed by atoms with Crippen LogP contribution in [0.3, 0.4) is 0 Å². The quantitative estimate of drug-likeness (QED) is 0.204. The summed E-state index contributed by atoms with van der Waals surface area (Å²) in [5.74, 6) is 0.232. The Balaban J connectivity index is 1.23. The first-order valence-corrected chi connectivity index (χ1v) is 17.8. The fourth-order valence-electron chi connectivity index (χ4n) is 5.90. The third-order valence-corrected chi connectivity index (χ3v) is 10.7. The first-order chi connectivity index (χ1) is 22.1. The summed E-state index contributed by atoms with van der Waals surface area (Å²) in [6, 6.07) is 0. The summed E-state index contributed by atoms with van der Waals surface area (Å²) in [5, 5.41) is 0. The van der Waals surface area contributed by atoms with Gasteiger partial charge in [0.25, 0.3) is 0 Å². The van der Waals surface area contributed by atoms with Crippen molar-refractivity contribution in [3.05, 3.63) is 25.3 Å². The molecule has 0 amide bonds. The molecule has 3 fully saturated rings. The second kappa shape index (κ2) is 12.0. The van der Waals surface area contributed by atoms with Gasteiger partial charge in [-0.05, 0) is 6.42 Å². The van der Waals surface area contributed by atoms with Crippen LogP contribution in [0, 0.1) is 0 Å². The Hall–Kier alpha value is -2.84. The van der Waals surface area contributed by atoms with E-state index < -0.39 is 76.9 Å². The van der Waals surface area contributed by atoms with Gasteiger partial charge in [-0.15, -0.1) is 0 Å². The standard InChI is InChI=1S/C23H29FN10O9P2S/c1-3-23-5-39-45(36,46)43-14-11(24)10(40-21(14)33-8-31-12-17(25)27-6-29-19(12)33)4-38-44(35)42-16(23)15(37-2)22(41-23)34-9-32-13-18(26)28-7-30-20(13)34/h6-11,14-16,21-22,44H,3-5H2,1-2H3,(H,36,46)(H2,25,27,29)(H2,26,28,30)/t10-,11+,14-,15-,16+,21-,22-,23-,45?/m1/s1. The zero-order valence-corrected chi connectivity index (χ0v) is 26.9. The molecular formula is C23H29FN10O9P2S. The highest BCUT2D eigenvalue weighted by Crippen LogP contribution is 2.59. The molecule has 7 heterocycles. The number of rotatable bonds is 4. The third kappa shape index (κ3) is 5.28. The molecule has 3 aliphatic rings. The normalized spacial score (nSPS) is 37.1. The highest BCUT2D eigenvalue weighted by atomic mass is 32.7. The number of nitrogens with zero attached hydrogens (tertiary/aromatic N) is 8. The fraction of sp³-hybridized carbons (Fsp3) is 0.565. The number of anilines is 2. The molecule has 2 unspecified atom stereocenters. The van der Waals surface area contributed by atoms with E-state index in [2.05, 4.69) is 42.2 Å². The molecule has 248 valence electrons. The Bertz CT molecular complexity index is 1850. The lowest BCUT2D eigenvalue weighted by molar-refractivity contribution is -0.124. The predicted molar refractivity (Wildman–Crippen MR) is 159 cm³/mol. The molecule has 4 aromatic heterocycles. The number of hydrogen-bond donors (Lipinski definition) is 3. The number of nitrogen functional groups attached to an aromatic ring is 2. The minimum atomic E-state index is -4.38. The van der Waals surface area contributed by atoms with Gasteiger partial charge >= 0.3 is 15.1 Å². The first-order valence-electron chi connectivity index (χ1n) is 13.9. The SMILES string of the molecule is CC[C@@]12COP(=O)(S)O[C@@H]3[C@@H](F)[C@@H](CO[PH](=O)O[C@H]1[C@@H](OC)[C@H](n1cnc4c(N)ncnc41)O2)O[C@H]3n1cnc2c(N)ncnc21. The number of methoxy groups -OCH3 is 1. The molecule has 0 saturated carbocycles. The lowest BCUT2D eigenvalue weighted by Crippen LogP contribution is -2.47. The molecule has 0 radical (unpaired) electrons. The maximum atomic E-state index is 15.9. The van der Waals surface area contributed by atoms with Crippen LogP contribution in [0.25, 0.3) is 22.3 Å². The number of alkyl halides is 1. The third-order valence-electron chi connectivity index (χ3n) is 8.23. The van der Waals surface area contributed by atoms with Gasteiger partial charge < -0.3 is 34.7 Å². The Morgan fingerprint density at radius 1 is 1.09 bits per heavy atom. The lowest BCUT2D eigenvalue weighted by atomic mass is 9.93. The van der Waals surface area contributed by atoms with Crippen molar-refractivity contribution in [2.45, 2.75) is 62.0 Å². The zero-order chi connectivity index (χ0) is 32.4. The largest absolute Gasteiger partial charge is 0.386 e. The van der Waals surface area contributed by atoms with Crippen molar-refractivity contribution < 1.29 is 45.8 Å². The molecule has 0 aliphatic carbocycles. The van der Waals surface area contributed by atoms with Gasteiger partial charge in [-0.3, -0.25) is 22.7 Å². The molecule has 10 atom stereocenters. The van der Waals surface area contributed by atoms with Gasteiger partial charge in [0.2, 0.25) is 0 Å². The van der Waals surface area contributed by atoms with Crippen molar-refractivity contribution in [2.75, 3.05) is 31.8 Å². The molecule has 4 aromatic rings. The van der Waals surface area contributed by atoms with Crippen molar-refractivity contribution in [1.82, 2.24) is 39.0 Å². The van der Waals surface area contributed by atoms with Crippen molar-refractivity contribution in [1.29, 1.82) is 0 Å². The average Bonchev–Trinajstić information content (AvgIpc) is 3.79. The molecule has 23 heteroatoms. The van der Waals surface area contributed by atoms with Gasteiger partial charge in [0.15, 0.2) is 41.6 Å². The van der Waals surface area contributed by atoms with Crippen LogP contribution in [0.4, 0.5) is 16.0 Å². The summed E-state index contributed by atoms with van der Waals surface area (Å²) >= 11 is 4.18. The van der Waals surface area contributed by atoms with E-state index in [1.807, 2.05) is 0 Å². The van der Waals surface area contributed by atoms with Gasteiger partial charge in [-0.2, -0.15) is 0 Å². The number of nitrogens with two attached hydrogens (primary N) is 2. The van der Waals surface area contributed by atoms with Gasteiger partial charge in [0.05, 0.1) is 25.9 Å². The lowest BCUT2D eigenvalue weighted by Gasteiger charge is -2.34. The molecule has 0 aromatic carbocycles. The number of hydrogen-bond acceptors (Lipinski definition) is 17. The Kier molecular flexibility index (Phi) is 8.28. The molecule has 3 saturated heterocycles. The average molecular weight is 703 g/mol. The van der Waals surface area contributed by atoms with E-state index in [-0.39, 0.29) is 29.2 Å². The fourth-order valence-corrected chi connectivity index (χ4v) is 8.29. The number of thiol groups is 1. The summed E-state index contributed by atoms with van der Waals surface area (Å²) in [5.41, 5.74) is 11.5. The van der Waals surface area contributed by atoms with Crippen LogP contribution < -0.4 is 11.5 Å². The maximum absolute atomic E-state index is 15.9. The monoisotopic (exact) mass is 702 g/mol. The van der Waals surface area contributed by atoms with Gasteiger partial charge in [-0.1, -0.05) is 19.2 Å². The zero-order valence-electron chi connectivity index (χ0n) is 24.2. The molecule has 0 spiro atoms. The molecule has 3 aliphatic heterocycles. The van der Waals surface area contributed by atoms with Crippen LogP contribution in [0.1, 0.15) is 25.8 Å². The minimum Gasteiger partial charge on any atom is -0.382 e. The van der Waals surface area contributed by atoms with Crippen LogP contribution in [-0.2, 0) is 41.4 Å². The number of ether oxygens (including phenoxy) is 3. The second-order valence-corrected chi connectivity index (χ2v) is 14.6. The number of imidazole rings is 2. The van der Waals surface area contributed by atoms with Crippen LogP contribution in [0.15, 0.2) is 25.3 Å². The van der Waals surface area contributed by atoms with Crippen molar-refractivity contribution in [2.24, 2.45) is 0 Å². The predicted octanol–water partition coefficient (Wildman–Crippen LogP) is 2.00. The van der Waals surface area contributed by atoms with Crippen molar-refractivity contribution in [3.63, 3.8) is 0 Å². The number of aromatic nitrogens is 8. The van der Waals surface area contributed by atoms with Gasteiger partial charge in [0.1, 0.15) is 53.7 Å². The molecule has 46 heavy (non-hydrogen) atoms. The Morgan fingerprint density at radius 2 is 1.72 bits per heavy atom. The molecule has 19 nitrogen and oxygen atoms in total. The Morgan fingerprint density at radius 3 is 2.33 bits per heavy atom. The molecular weight excluding hydrogens is 673 g/mol. The van der Waals surface area contributed by atoms with E-state index in [0.29, 0.717) is 11.2 Å². The van der Waals surface area contributed by atoms with Crippen LogP contribution in [0.2, 0.25) is 0 Å². The van der Waals surface area contributed by atoms with Crippen LogP contribution in [-0.4, -0.2) is 95.6 Å². The van der Waals surface area contributed by atoms with Crippen molar-refractivity contribution >= 4 is 61.3 Å². The van der Waals surface area contributed by atoms with E-state index in [0.717, 1.165) is 0 Å². The van der Waals surface area contributed by atoms with Crippen LogP contribution >= 0.6 is 27.3 Å². The summed E-state index contributed by atoms with van der Waals surface area (Å²) < 4.78 is 87.2. The summed E-state index contributed by atoms with van der Waals surface area (Å²) in [7, 11) is -1.96. The van der Waals surface area contributed by atoms with E-state index in [4.69, 9.17) is 43.8 Å². The Labute approximate surface area is 265 Å². The van der Waals surface area contributed by atoms with Crippen molar-refractivity contribution in [3.8, 4) is 0 Å². The highest BCUT2D eigenvalue weighted by Gasteiger charge is 2.59. The van der Waals surface area contributed by atoms with E-state index in [1.165, 1.54) is 37.0 Å². The highest BCUT2D eigenvalue weighted by molar-refractivity contribution is 8.44. The van der Waals surface area contributed by atoms with E-state index in [1.54, 1.807) is 11.5 Å². The smallest absolute Gasteiger partial charge is 0.382 e. The summed E-state index contributed by atoms with van der Waals surface area (Å²) in [4.78, 5) is 24.8. The van der Waals surface area contributed by atoms with E-state index in [9.17, 15) is 9.13 Å². The summed E-state index contributed by atoms with van der Waals surface area (Å²) in [6.07, 6.45) is -3.78. The summed E-state index contributed by atoms with van der Waals surface area (Å²) in [6.45, 7) is -3.62. The van der Waals surface area contributed by atoms with Gasteiger partial charge in [-0.25, -0.2) is 38.9 Å². The minimum absolute atomic E-state index is 0.0836. The maximum Gasteiger partial charge on any atom is 0.386 e. The van der Waals surface area contributed by atoms with E-state index >= 15 is 4.39 Å². The molecule has 7 rings (SSSR count). The number of halogens is 1. The number of fused-ring (bicyclic) bond motifs is 5. The second-order valence-electron chi connectivity index (χ2n) is 10.7.